The quantitative estimate of drug-likeness (QED) is 0.801. The van der Waals surface area contributed by atoms with Crippen molar-refractivity contribution in [2.75, 3.05) is 6.54 Å². The average molecular weight is 361 g/mol. The van der Waals surface area contributed by atoms with Gasteiger partial charge in [0, 0.05) is 25.9 Å². The summed E-state index contributed by atoms with van der Waals surface area (Å²) < 4.78 is 1.94. The summed E-state index contributed by atoms with van der Waals surface area (Å²) in [6, 6.07) is 1.37. The fourth-order valence-corrected chi connectivity index (χ4v) is 3.41. The Morgan fingerprint density at radius 3 is 2.69 bits per heavy atom. The van der Waals surface area contributed by atoms with E-state index in [1.54, 1.807) is 6.92 Å². The van der Waals surface area contributed by atoms with Crippen molar-refractivity contribution in [3.8, 4) is 0 Å². The van der Waals surface area contributed by atoms with Gasteiger partial charge in [-0.25, -0.2) is 0 Å². The minimum atomic E-state index is -0.580. The standard InChI is InChI=1S/C18H27N5O3/c1-12(20-13(2)24)17(25)19-10-15-9-16-11-22(7-4-8-23(16)21-15)18(26)14-5-3-6-14/h9,12,14H,3-8,10-11H2,1-2H3,(H,19,25)(H,20,24). The molecule has 0 aromatic carbocycles. The first-order valence-corrected chi connectivity index (χ1v) is 9.33. The summed E-state index contributed by atoms with van der Waals surface area (Å²) in [4.78, 5) is 37.5. The van der Waals surface area contributed by atoms with Gasteiger partial charge in [-0.2, -0.15) is 5.10 Å². The number of carbonyl (C=O) groups is 3. The number of amides is 3. The molecule has 1 aromatic rings. The summed E-state index contributed by atoms with van der Waals surface area (Å²) in [5.41, 5.74) is 1.77. The van der Waals surface area contributed by atoms with Gasteiger partial charge in [-0.1, -0.05) is 6.42 Å². The predicted octanol–water partition coefficient (Wildman–Crippen LogP) is 0.556. The van der Waals surface area contributed by atoms with Crippen LogP contribution < -0.4 is 10.6 Å². The normalized spacial score (nSPS) is 18.3. The molecule has 0 bridgehead atoms. The Morgan fingerprint density at radius 2 is 2.04 bits per heavy atom. The van der Waals surface area contributed by atoms with Crippen LogP contribution in [0.25, 0.3) is 0 Å². The van der Waals surface area contributed by atoms with E-state index in [-0.39, 0.29) is 23.6 Å². The van der Waals surface area contributed by atoms with Gasteiger partial charge in [0.05, 0.1) is 24.5 Å². The second kappa shape index (κ2) is 7.88. The molecule has 2 aliphatic rings. The lowest BCUT2D eigenvalue weighted by Gasteiger charge is -2.30. The molecule has 142 valence electrons. The molecule has 1 atom stereocenters. The summed E-state index contributed by atoms with van der Waals surface area (Å²) in [5.74, 6) is -0.00821. The van der Waals surface area contributed by atoms with Gasteiger partial charge in [0.15, 0.2) is 0 Å². The van der Waals surface area contributed by atoms with E-state index < -0.39 is 6.04 Å². The molecule has 8 heteroatoms. The number of rotatable bonds is 5. The van der Waals surface area contributed by atoms with Crippen LogP contribution in [0.2, 0.25) is 0 Å². The molecular weight excluding hydrogens is 334 g/mol. The number of nitrogens with one attached hydrogen (secondary N) is 2. The Morgan fingerprint density at radius 1 is 1.27 bits per heavy atom. The highest BCUT2D eigenvalue weighted by Crippen LogP contribution is 2.29. The molecule has 1 aliphatic carbocycles. The maximum Gasteiger partial charge on any atom is 0.242 e. The summed E-state index contributed by atoms with van der Waals surface area (Å²) in [7, 11) is 0. The Kier molecular flexibility index (Phi) is 5.58. The van der Waals surface area contributed by atoms with E-state index >= 15 is 0 Å². The van der Waals surface area contributed by atoms with E-state index in [1.807, 2.05) is 15.6 Å². The van der Waals surface area contributed by atoms with Crippen LogP contribution in [0.1, 0.15) is 50.9 Å². The molecule has 0 saturated heterocycles. The first kappa shape index (κ1) is 18.4. The van der Waals surface area contributed by atoms with Crippen LogP contribution in [-0.4, -0.2) is 45.0 Å². The van der Waals surface area contributed by atoms with Crippen LogP contribution in [0.4, 0.5) is 0 Å². The van der Waals surface area contributed by atoms with E-state index in [0.29, 0.717) is 13.1 Å². The minimum absolute atomic E-state index is 0.207. The van der Waals surface area contributed by atoms with E-state index in [4.69, 9.17) is 0 Å². The third-order valence-corrected chi connectivity index (χ3v) is 5.09. The van der Waals surface area contributed by atoms with Crippen LogP contribution in [0.5, 0.6) is 0 Å². The number of aromatic nitrogens is 2. The second-order valence-electron chi connectivity index (χ2n) is 7.23. The summed E-state index contributed by atoms with van der Waals surface area (Å²) in [5, 5.41) is 9.90. The number of nitrogens with zero attached hydrogens (tertiary/aromatic N) is 3. The summed E-state index contributed by atoms with van der Waals surface area (Å²) >= 11 is 0. The number of fused-ring (bicyclic) bond motifs is 1. The molecule has 0 spiro atoms. The lowest BCUT2D eigenvalue weighted by atomic mass is 9.84. The Bertz CT molecular complexity index is 695. The van der Waals surface area contributed by atoms with Crippen molar-refractivity contribution in [3.05, 3.63) is 17.5 Å². The molecule has 1 aromatic heterocycles. The fraction of sp³-hybridized carbons (Fsp3) is 0.667. The molecule has 1 saturated carbocycles. The largest absolute Gasteiger partial charge is 0.349 e. The fourth-order valence-electron chi connectivity index (χ4n) is 3.41. The van der Waals surface area contributed by atoms with Crippen molar-refractivity contribution in [1.29, 1.82) is 0 Å². The molecule has 0 radical (unpaired) electrons. The zero-order chi connectivity index (χ0) is 18.7. The van der Waals surface area contributed by atoms with Crippen molar-refractivity contribution in [2.24, 2.45) is 5.92 Å². The molecule has 1 unspecified atom stereocenters. The van der Waals surface area contributed by atoms with Gasteiger partial charge in [0.1, 0.15) is 6.04 Å². The molecule has 3 rings (SSSR count). The Hall–Kier alpha value is -2.38. The third kappa shape index (κ3) is 4.23. The molecule has 2 heterocycles. The zero-order valence-corrected chi connectivity index (χ0v) is 15.5. The topological polar surface area (TPSA) is 96.3 Å². The molecule has 1 aliphatic heterocycles. The summed E-state index contributed by atoms with van der Waals surface area (Å²) in [6.45, 7) is 5.47. The smallest absolute Gasteiger partial charge is 0.242 e. The molecule has 8 nitrogen and oxygen atoms in total. The van der Waals surface area contributed by atoms with E-state index in [9.17, 15) is 14.4 Å². The average Bonchev–Trinajstić information content (AvgIpc) is 2.80. The maximum absolute atomic E-state index is 12.5. The number of aryl methyl sites for hydroxylation is 1. The molecule has 2 N–H and O–H groups in total. The van der Waals surface area contributed by atoms with Crippen molar-refractivity contribution < 1.29 is 14.4 Å². The molecule has 3 amide bonds. The third-order valence-electron chi connectivity index (χ3n) is 5.09. The maximum atomic E-state index is 12.5. The van der Waals surface area contributed by atoms with Gasteiger partial charge in [-0.3, -0.25) is 19.1 Å². The number of carbonyl (C=O) groups excluding carboxylic acids is 3. The summed E-state index contributed by atoms with van der Waals surface area (Å²) in [6.07, 6.45) is 4.07. The van der Waals surface area contributed by atoms with E-state index in [1.165, 1.54) is 6.92 Å². The Balaban J connectivity index is 1.58. The van der Waals surface area contributed by atoms with Crippen molar-refractivity contribution in [3.63, 3.8) is 0 Å². The molecule has 1 fully saturated rings. The highest BCUT2D eigenvalue weighted by Gasteiger charge is 2.30. The van der Waals surface area contributed by atoms with E-state index in [0.717, 1.165) is 50.2 Å². The lowest BCUT2D eigenvalue weighted by Crippen LogP contribution is -2.43. The predicted molar refractivity (Wildman–Crippen MR) is 94.7 cm³/mol. The number of hydrogen-bond acceptors (Lipinski definition) is 4. The second-order valence-corrected chi connectivity index (χ2v) is 7.23. The van der Waals surface area contributed by atoms with Crippen LogP contribution in [0.3, 0.4) is 0 Å². The highest BCUT2D eigenvalue weighted by molar-refractivity contribution is 5.86. The van der Waals surface area contributed by atoms with Crippen molar-refractivity contribution in [1.82, 2.24) is 25.3 Å². The van der Waals surface area contributed by atoms with Crippen LogP contribution in [0.15, 0.2) is 6.07 Å². The van der Waals surface area contributed by atoms with Crippen LogP contribution in [-0.2, 0) is 34.0 Å². The Labute approximate surface area is 153 Å². The molecular formula is C18H27N5O3. The first-order chi connectivity index (χ1) is 12.4. The van der Waals surface area contributed by atoms with Gasteiger partial charge in [0.25, 0.3) is 0 Å². The highest BCUT2D eigenvalue weighted by atomic mass is 16.2. The van der Waals surface area contributed by atoms with Gasteiger partial charge in [-0.15, -0.1) is 0 Å². The van der Waals surface area contributed by atoms with Gasteiger partial charge < -0.3 is 15.5 Å². The van der Waals surface area contributed by atoms with Gasteiger partial charge in [-0.05, 0) is 32.3 Å². The van der Waals surface area contributed by atoms with Gasteiger partial charge in [0.2, 0.25) is 17.7 Å². The van der Waals surface area contributed by atoms with Gasteiger partial charge >= 0.3 is 0 Å². The zero-order valence-electron chi connectivity index (χ0n) is 15.5. The van der Waals surface area contributed by atoms with Crippen LogP contribution >= 0.6 is 0 Å². The van der Waals surface area contributed by atoms with Crippen molar-refractivity contribution >= 4 is 17.7 Å². The minimum Gasteiger partial charge on any atom is -0.349 e. The lowest BCUT2D eigenvalue weighted by molar-refractivity contribution is -0.138. The number of hydrogen-bond donors (Lipinski definition) is 2. The van der Waals surface area contributed by atoms with Crippen molar-refractivity contribution in [2.45, 2.75) is 65.2 Å². The van der Waals surface area contributed by atoms with E-state index in [2.05, 4.69) is 15.7 Å². The first-order valence-electron chi connectivity index (χ1n) is 9.33. The van der Waals surface area contributed by atoms with Crippen LogP contribution in [0, 0.1) is 5.92 Å². The SMILES string of the molecule is CC(=O)NC(C)C(=O)NCc1cc2n(n1)CCCN(C(=O)C1CCC1)C2. The monoisotopic (exact) mass is 361 g/mol. The molecule has 26 heavy (non-hydrogen) atoms.